The van der Waals surface area contributed by atoms with Gasteiger partial charge in [-0.25, -0.2) is 14.4 Å². The molecule has 0 aromatic carbocycles. The molecule has 0 saturated heterocycles. The number of alkyl carbamates (subject to hydrolysis) is 1. The van der Waals surface area contributed by atoms with Gasteiger partial charge in [-0.05, 0) is 41.5 Å². The highest BCUT2D eigenvalue weighted by Crippen LogP contribution is 2.18. The van der Waals surface area contributed by atoms with Gasteiger partial charge in [0.15, 0.2) is 0 Å². The van der Waals surface area contributed by atoms with Crippen LogP contribution in [0.4, 0.5) is 4.79 Å². The smallest absolute Gasteiger partial charge is 0.409 e. The minimum atomic E-state index is -2.31. The zero-order valence-electron chi connectivity index (χ0n) is 13.1. The molecule has 0 rings (SSSR count). The molecule has 8 heteroatoms. The molecular formula is C13H23NO6S. The fourth-order valence-corrected chi connectivity index (χ4v) is 1.55. The average molecular weight is 321 g/mol. The fourth-order valence-electron chi connectivity index (χ4n) is 1.21. The first-order valence-corrected chi connectivity index (χ1v) is 6.95. The third-order valence-electron chi connectivity index (χ3n) is 2.06. The van der Waals surface area contributed by atoms with Crippen LogP contribution in [0.15, 0.2) is 0 Å². The number of aliphatic carboxylic acids is 1. The second-order valence-corrected chi connectivity index (χ2v) is 6.81. The minimum absolute atomic E-state index is 0.476. The van der Waals surface area contributed by atoms with Crippen molar-refractivity contribution in [3.05, 3.63) is 0 Å². The van der Waals surface area contributed by atoms with Crippen molar-refractivity contribution in [2.24, 2.45) is 0 Å². The molecule has 0 aliphatic rings. The van der Waals surface area contributed by atoms with Crippen LogP contribution in [0.25, 0.3) is 0 Å². The van der Waals surface area contributed by atoms with Gasteiger partial charge in [-0.3, -0.25) is 5.32 Å². The Bertz CT molecular complexity index is 423. The summed E-state index contributed by atoms with van der Waals surface area (Å²) in [4.78, 5) is 35.4. The number of nitrogens with one attached hydrogen (secondary N) is 1. The third-order valence-corrected chi connectivity index (χ3v) is 2.54. The average Bonchev–Trinajstić information content (AvgIpc) is 2.20. The van der Waals surface area contributed by atoms with E-state index in [0.717, 1.165) is 0 Å². The lowest BCUT2D eigenvalue weighted by molar-refractivity contribution is -0.169. The van der Waals surface area contributed by atoms with Crippen molar-refractivity contribution in [1.29, 1.82) is 0 Å². The third kappa shape index (κ3) is 6.24. The number of carbonyl (C=O) groups is 3. The van der Waals surface area contributed by atoms with Crippen molar-refractivity contribution < 1.29 is 29.0 Å². The highest BCUT2D eigenvalue weighted by molar-refractivity contribution is 7.80. The first-order chi connectivity index (χ1) is 9.23. The summed E-state index contributed by atoms with van der Waals surface area (Å²) in [5, 5.41) is 11.4. The molecule has 0 aromatic heterocycles. The van der Waals surface area contributed by atoms with E-state index in [4.69, 9.17) is 9.47 Å². The minimum Gasteiger partial charge on any atom is -0.479 e. The van der Waals surface area contributed by atoms with E-state index in [1.807, 2.05) is 5.32 Å². The predicted molar refractivity (Wildman–Crippen MR) is 79.4 cm³/mol. The Morgan fingerprint density at radius 1 is 1.00 bits per heavy atom. The molecule has 0 aromatic rings. The van der Waals surface area contributed by atoms with Crippen LogP contribution in [0.3, 0.4) is 0 Å². The maximum absolute atomic E-state index is 12.1. The van der Waals surface area contributed by atoms with E-state index < -0.39 is 40.5 Å². The lowest BCUT2D eigenvalue weighted by atomic mass is 10.0. The molecule has 0 saturated carbocycles. The zero-order chi connectivity index (χ0) is 17.1. The molecule has 0 bridgehead atoms. The van der Waals surface area contributed by atoms with E-state index in [2.05, 4.69) is 12.6 Å². The second kappa shape index (κ2) is 6.55. The van der Waals surface area contributed by atoms with E-state index in [1.165, 1.54) is 0 Å². The van der Waals surface area contributed by atoms with Gasteiger partial charge in [-0.2, -0.15) is 12.6 Å². The standard InChI is InChI=1S/C13H23NO6S/c1-11(2,3)19-9(17)13(7-21,8(15)16)14-10(18)20-12(4,5)6/h21H,7H2,1-6H3,(H,14,18)(H,15,16)/t13-/m0/s1. The Hall–Kier alpha value is -1.44. The van der Waals surface area contributed by atoms with E-state index >= 15 is 0 Å². The number of carboxylic acid groups (broad SMARTS) is 1. The molecule has 122 valence electrons. The van der Waals surface area contributed by atoms with E-state index in [0.29, 0.717) is 0 Å². The number of carbonyl (C=O) groups excluding carboxylic acids is 2. The van der Waals surface area contributed by atoms with Gasteiger partial charge >= 0.3 is 18.0 Å². The molecule has 2 N–H and O–H groups in total. The summed E-state index contributed by atoms with van der Waals surface area (Å²) < 4.78 is 10.0. The zero-order valence-corrected chi connectivity index (χ0v) is 14.0. The highest BCUT2D eigenvalue weighted by atomic mass is 32.1. The lowest BCUT2D eigenvalue weighted by Gasteiger charge is -2.31. The number of hydrogen-bond donors (Lipinski definition) is 3. The van der Waals surface area contributed by atoms with Crippen LogP contribution in [0.2, 0.25) is 0 Å². The number of hydrogen-bond acceptors (Lipinski definition) is 6. The van der Waals surface area contributed by atoms with Gasteiger partial charge < -0.3 is 14.6 Å². The van der Waals surface area contributed by atoms with Crippen molar-refractivity contribution in [3.8, 4) is 0 Å². The van der Waals surface area contributed by atoms with Gasteiger partial charge in [-0.15, -0.1) is 0 Å². The number of esters is 1. The van der Waals surface area contributed by atoms with Crippen LogP contribution in [0, 0.1) is 0 Å². The lowest BCUT2D eigenvalue weighted by Crippen LogP contribution is -2.63. The Labute approximate surface area is 129 Å². The topological polar surface area (TPSA) is 102 Å². The first kappa shape index (κ1) is 19.6. The molecule has 1 atom stereocenters. The largest absolute Gasteiger partial charge is 0.479 e. The van der Waals surface area contributed by atoms with E-state index in [9.17, 15) is 19.5 Å². The molecule has 0 unspecified atom stereocenters. The number of rotatable bonds is 4. The quantitative estimate of drug-likeness (QED) is 0.413. The van der Waals surface area contributed by atoms with Crippen LogP contribution < -0.4 is 5.32 Å². The normalized spacial score (nSPS) is 14.8. The van der Waals surface area contributed by atoms with Gasteiger partial charge in [0.2, 0.25) is 5.54 Å². The Morgan fingerprint density at radius 3 is 1.71 bits per heavy atom. The predicted octanol–water partition coefficient (Wildman–Crippen LogP) is 1.61. The Kier molecular flexibility index (Phi) is 6.10. The maximum atomic E-state index is 12.1. The molecule has 21 heavy (non-hydrogen) atoms. The summed E-state index contributed by atoms with van der Waals surface area (Å²) in [6.45, 7) is 9.60. The van der Waals surface area contributed by atoms with Crippen LogP contribution in [-0.4, -0.2) is 45.6 Å². The number of ether oxygens (including phenoxy) is 2. The number of thiol groups is 1. The van der Waals surface area contributed by atoms with Crippen LogP contribution in [0.1, 0.15) is 41.5 Å². The monoisotopic (exact) mass is 321 g/mol. The van der Waals surface area contributed by atoms with Crippen molar-refractivity contribution in [3.63, 3.8) is 0 Å². The molecule has 0 spiro atoms. The SMILES string of the molecule is CC(C)(C)OC(=O)N[C@@](CS)(C(=O)O)C(=O)OC(C)(C)C. The van der Waals surface area contributed by atoms with Crippen molar-refractivity contribution in [2.75, 3.05) is 5.75 Å². The maximum Gasteiger partial charge on any atom is 0.409 e. The van der Waals surface area contributed by atoms with Gasteiger partial charge in [0.05, 0.1) is 0 Å². The van der Waals surface area contributed by atoms with Gasteiger partial charge in [0.1, 0.15) is 11.2 Å². The molecule has 0 heterocycles. The molecular weight excluding hydrogens is 298 g/mol. The summed E-state index contributed by atoms with van der Waals surface area (Å²) >= 11 is 3.86. The molecule has 0 radical (unpaired) electrons. The number of amides is 1. The van der Waals surface area contributed by atoms with Gasteiger partial charge in [-0.1, -0.05) is 0 Å². The Morgan fingerprint density at radius 2 is 1.43 bits per heavy atom. The summed E-state index contributed by atoms with van der Waals surface area (Å²) in [6.07, 6.45) is -1.04. The van der Waals surface area contributed by atoms with Crippen molar-refractivity contribution >= 4 is 30.7 Å². The Balaban J connectivity index is 5.33. The van der Waals surface area contributed by atoms with Gasteiger partial charge in [0, 0.05) is 5.75 Å². The van der Waals surface area contributed by atoms with Crippen LogP contribution in [0.5, 0.6) is 0 Å². The van der Waals surface area contributed by atoms with E-state index in [-0.39, 0.29) is 0 Å². The summed E-state index contributed by atoms with van der Waals surface area (Å²) in [5.74, 6) is -3.16. The van der Waals surface area contributed by atoms with Gasteiger partial charge in [0.25, 0.3) is 0 Å². The summed E-state index contributed by atoms with van der Waals surface area (Å²) in [7, 11) is 0. The van der Waals surface area contributed by atoms with Crippen molar-refractivity contribution in [1.82, 2.24) is 5.32 Å². The summed E-state index contributed by atoms with van der Waals surface area (Å²) in [5.41, 5.74) is -4.05. The molecule has 0 fully saturated rings. The van der Waals surface area contributed by atoms with E-state index in [1.54, 1.807) is 41.5 Å². The molecule has 7 nitrogen and oxygen atoms in total. The molecule has 0 aliphatic carbocycles. The second-order valence-electron chi connectivity index (χ2n) is 6.50. The fraction of sp³-hybridized carbons (Fsp3) is 0.769. The van der Waals surface area contributed by atoms with Crippen molar-refractivity contribution in [2.45, 2.75) is 58.3 Å². The van der Waals surface area contributed by atoms with Crippen LogP contribution in [-0.2, 0) is 19.1 Å². The highest BCUT2D eigenvalue weighted by Gasteiger charge is 2.50. The molecule has 0 aliphatic heterocycles. The first-order valence-electron chi connectivity index (χ1n) is 6.32. The van der Waals surface area contributed by atoms with Crippen LogP contribution >= 0.6 is 12.6 Å². The summed E-state index contributed by atoms with van der Waals surface area (Å²) in [6, 6.07) is 0. The number of carboxylic acids is 1. The molecule has 1 amide bonds.